The summed E-state index contributed by atoms with van der Waals surface area (Å²) in [7, 11) is 0. The van der Waals surface area contributed by atoms with Crippen LogP contribution in [0.15, 0.2) is 53.4 Å². The van der Waals surface area contributed by atoms with Crippen LogP contribution in [0.3, 0.4) is 0 Å². The van der Waals surface area contributed by atoms with Gasteiger partial charge in [0.15, 0.2) is 6.10 Å². The van der Waals surface area contributed by atoms with Crippen molar-refractivity contribution in [2.75, 3.05) is 12.3 Å². The molecule has 0 unspecified atom stereocenters. The Bertz CT molecular complexity index is 723. The number of hydrogen-bond acceptors (Lipinski definition) is 3. The molecule has 5 heteroatoms. The largest absolute Gasteiger partial charge is 0.481 e. The molecule has 0 saturated heterocycles. The Morgan fingerprint density at radius 2 is 1.74 bits per heavy atom. The Hall–Kier alpha value is -1.65. The fourth-order valence-corrected chi connectivity index (χ4v) is 3.40. The molecule has 0 heterocycles. The van der Waals surface area contributed by atoms with Gasteiger partial charge in [-0.25, -0.2) is 0 Å². The van der Waals surface area contributed by atoms with Gasteiger partial charge in [0, 0.05) is 22.2 Å². The van der Waals surface area contributed by atoms with E-state index in [0.29, 0.717) is 13.0 Å². The minimum atomic E-state index is -0.481. The molecule has 0 aromatic heterocycles. The molecule has 1 atom stereocenters. The van der Waals surface area contributed by atoms with Crippen molar-refractivity contribution >= 4 is 29.3 Å². The summed E-state index contributed by atoms with van der Waals surface area (Å²) in [5, 5.41) is 3.69. The summed E-state index contributed by atoms with van der Waals surface area (Å²) in [4.78, 5) is 13.5. The average molecular weight is 406 g/mol. The molecule has 2 aromatic carbocycles. The summed E-state index contributed by atoms with van der Waals surface area (Å²) in [6, 6.07) is 15.7. The van der Waals surface area contributed by atoms with Crippen LogP contribution in [0.4, 0.5) is 0 Å². The summed E-state index contributed by atoms with van der Waals surface area (Å²) in [6.07, 6.45) is 0.142. The highest BCUT2D eigenvalue weighted by atomic mass is 35.5. The van der Waals surface area contributed by atoms with Crippen LogP contribution < -0.4 is 10.1 Å². The topological polar surface area (TPSA) is 38.3 Å². The van der Waals surface area contributed by atoms with Gasteiger partial charge in [-0.2, -0.15) is 0 Å². The van der Waals surface area contributed by atoms with E-state index >= 15 is 0 Å². The third-order valence-corrected chi connectivity index (χ3v) is 5.41. The summed E-state index contributed by atoms with van der Waals surface area (Å²) in [5.41, 5.74) is 1.34. The minimum Gasteiger partial charge on any atom is -0.481 e. The third kappa shape index (κ3) is 7.11. The van der Waals surface area contributed by atoms with E-state index < -0.39 is 6.10 Å². The fourth-order valence-electron chi connectivity index (χ4n) is 2.51. The molecule has 0 aliphatic carbocycles. The lowest BCUT2D eigenvalue weighted by Gasteiger charge is -2.21. The molecule has 0 spiro atoms. The maximum Gasteiger partial charge on any atom is 0.261 e. The molecule has 2 rings (SSSR count). The first-order valence-electron chi connectivity index (χ1n) is 9.23. The maximum absolute atomic E-state index is 12.4. The van der Waals surface area contributed by atoms with Crippen molar-refractivity contribution in [2.24, 2.45) is 0 Å². The second-order valence-corrected chi connectivity index (χ2v) is 8.99. The van der Waals surface area contributed by atoms with E-state index in [1.807, 2.05) is 43.3 Å². The predicted molar refractivity (Wildman–Crippen MR) is 115 cm³/mol. The van der Waals surface area contributed by atoms with E-state index in [-0.39, 0.29) is 11.3 Å². The van der Waals surface area contributed by atoms with Crippen molar-refractivity contribution in [2.45, 2.75) is 50.5 Å². The first-order chi connectivity index (χ1) is 12.8. The quantitative estimate of drug-likeness (QED) is 0.452. The van der Waals surface area contributed by atoms with E-state index in [2.05, 4.69) is 38.2 Å². The second kappa shape index (κ2) is 10.0. The fraction of sp³-hybridized carbons (Fsp3) is 0.409. The van der Waals surface area contributed by atoms with Crippen LogP contribution in [0.1, 0.15) is 39.7 Å². The lowest BCUT2D eigenvalue weighted by molar-refractivity contribution is -0.127. The number of thioether (sulfide) groups is 1. The van der Waals surface area contributed by atoms with E-state index in [0.717, 1.165) is 21.4 Å². The number of hydrogen-bond donors (Lipinski definition) is 1. The number of benzene rings is 2. The Kier molecular flexibility index (Phi) is 8.06. The van der Waals surface area contributed by atoms with Gasteiger partial charge in [-0.3, -0.25) is 4.79 Å². The molecule has 3 nitrogen and oxygen atoms in total. The zero-order chi connectivity index (χ0) is 19.9. The summed E-state index contributed by atoms with van der Waals surface area (Å²) < 4.78 is 5.89. The lowest BCUT2D eigenvalue weighted by atomic mass is 9.87. The van der Waals surface area contributed by atoms with Gasteiger partial charge in [0.2, 0.25) is 0 Å². The Morgan fingerprint density at radius 1 is 1.11 bits per heavy atom. The predicted octanol–water partition coefficient (Wildman–Crippen LogP) is 5.70. The van der Waals surface area contributed by atoms with Gasteiger partial charge < -0.3 is 10.1 Å². The van der Waals surface area contributed by atoms with Crippen molar-refractivity contribution in [3.8, 4) is 5.75 Å². The Labute approximate surface area is 171 Å². The smallest absolute Gasteiger partial charge is 0.261 e. The summed E-state index contributed by atoms with van der Waals surface area (Å²) >= 11 is 7.57. The molecule has 0 saturated carbocycles. The van der Waals surface area contributed by atoms with Gasteiger partial charge in [0.1, 0.15) is 5.75 Å². The number of amides is 1. The highest BCUT2D eigenvalue weighted by molar-refractivity contribution is 7.99. The van der Waals surface area contributed by atoms with Crippen molar-refractivity contribution in [1.82, 2.24) is 5.32 Å². The van der Waals surface area contributed by atoms with E-state index in [1.165, 1.54) is 5.56 Å². The number of nitrogens with one attached hydrogen (secondary N) is 1. The van der Waals surface area contributed by atoms with Crippen LogP contribution in [-0.2, 0) is 10.2 Å². The van der Waals surface area contributed by atoms with Gasteiger partial charge in [-0.1, -0.05) is 51.4 Å². The standard InChI is InChI=1S/C22H28ClNO2S/c1-5-20(26-18-10-6-16(7-11-18)22(2,3)4)21(25)24-14-15-27-19-12-8-17(23)9-13-19/h6-13,20H,5,14-15H2,1-4H3,(H,24,25)/t20-/m0/s1. The summed E-state index contributed by atoms with van der Waals surface area (Å²) in [5.74, 6) is 1.44. The molecular weight excluding hydrogens is 378 g/mol. The Balaban J connectivity index is 1.80. The minimum absolute atomic E-state index is 0.0749. The van der Waals surface area contributed by atoms with Crippen LogP contribution in [0.5, 0.6) is 5.75 Å². The van der Waals surface area contributed by atoms with Gasteiger partial charge in [0.25, 0.3) is 5.91 Å². The molecule has 1 N–H and O–H groups in total. The van der Waals surface area contributed by atoms with Crippen molar-refractivity contribution < 1.29 is 9.53 Å². The molecule has 0 aliphatic heterocycles. The normalized spacial score (nSPS) is 12.5. The first-order valence-corrected chi connectivity index (χ1v) is 10.6. The number of rotatable bonds is 8. The highest BCUT2D eigenvalue weighted by Crippen LogP contribution is 2.25. The van der Waals surface area contributed by atoms with E-state index in [9.17, 15) is 4.79 Å². The van der Waals surface area contributed by atoms with Crippen LogP contribution >= 0.6 is 23.4 Å². The monoisotopic (exact) mass is 405 g/mol. The number of halogens is 1. The van der Waals surface area contributed by atoms with Crippen LogP contribution in [-0.4, -0.2) is 24.3 Å². The van der Waals surface area contributed by atoms with Crippen molar-refractivity contribution in [3.63, 3.8) is 0 Å². The molecule has 27 heavy (non-hydrogen) atoms. The van der Waals surface area contributed by atoms with Gasteiger partial charge in [-0.15, -0.1) is 11.8 Å². The molecule has 1 amide bonds. The number of carbonyl (C=O) groups is 1. The van der Waals surface area contributed by atoms with Gasteiger partial charge >= 0.3 is 0 Å². The number of carbonyl (C=O) groups excluding carboxylic acids is 1. The molecule has 0 radical (unpaired) electrons. The van der Waals surface area contributed by atoms with E-state index in [1.54, 1.807) is 11.8 Å². The lowest BCUT2D eigenvalue weighted by Crippen LogP contribution is -2.39. The van der Waals surface area contributed by atoms with Crippen molar-refractivity contribution in [1.29, 1.82) is 0 Å². The van der Waals surface area contributed by atoms with E-state index in [4.69, 9.17) is 16.3 Å². The van der Waals surface area contributed by atoms with Crippen molar-refractivity contribution in [3.05, 3.63) is 59.1 Å². The first kappa shape index (κ1) is 21.6. The average Bonchev–Trinajstić information content (AvgIpc) is 2.64. The summed E-state index contributed by atoms with van der Waals surface area (Å²) in [6.45, 7) is 9.07. The van der Waals surface area contributed by atoms with Gasteiger partial charge in [-0.05, 0) is 53.8 Å². The van der Waals surface area contributed by atoms with Crippen LogP contribution in [0.25, 0.3) is 0 Å². The molecule has 0 bridgehead atoms. The molecule has 146 valence electrons. The molecule has 0 aliphatic rings. The zero-order valence-electron chi connectivity index (χ0n) is 16.4. The molecular formula is C22H28ClNO2S. The SMILES string of the molecule is CC[C@H](Oc1ccc(C(C)(C)C)cc1)C(=O)NCCSc1ccc(Cl)cc1. The molecule has 2 aromatic rings. The third-order valence-electron chi connectivity index (χ3n) is 4.15. The van der Waals surface area contributed by atoms with Crippen LogP contribution in [0.2, 0.25) is 5.02 Å². The van der Waals surface area contributed by atoms with Crippen LogP contribution in [0, 0.1) is 0 Å². The maximum atomic E-state index is 12.4. The number of ether oxygens (including phenoxy) is 1. The molecule has 0 fully saturated rings. The highest BCUT2D eigenvalue weighted by Gasteiger charge is 2.19. The zero-order valence-corrected chi connectivity index (χ0v) is 18.0. The van der Waals surface area contributed by atoms with Gasteiger partial charge in [0.05, 0.1) is 0 Å². The second-order valence-electron chi connectivity index (χ2n) is 7.38. The Morgan fingerprint density at radius 3 is 2.30 bits per heavy atom.